The summed E-state index contributed by atoms with van der Waals surface area (Å²) in [6, 6.07) is 0. The Morgan fingerprint density at radius 3 is 3.09 bits per heavy atom. The van der Waals surface area contributed by atoms with Gasteiger partial charge in [0.05, 0.1) is 0 Å². The van der Waals surface area contributed by atoms with E-state index in [1.165, 1.54) is 0 Å². The fourth-order valence-corrected chi connectivity index (χ4v) is 1.32. The molecule has 0 aromatic rings. The van der Waals surface area contributed by atoms with Crippen LogP contribution in [0.15, 0.2) is 0 Å². The minimum Gasteiger partial charge on any atom is -0.341 e. The molecular formula is C8H16N2O. The van der Waals surface area contributed by atoms with Crippen LogP contribution >= 0.6 is 0 Å². The summed E-state index contributed by atoms with van der Waals surface area (Å²) in [5.41, 5.74) is 0. The minimum absolute atomic E-state index is 0.303. The number of hydrogen-bond donors (Lipinski definition) is 1. The van der Waals surface area contributed by atoms with E-state index in [9.17, 15) is 4.79 Å². The number of amides is 1. The molecule has 3 heteroatoms. The van der Waals surface area contributed by atoms with E-state index in [2.05, 4.69) is 12.2 Å². The van der Waals surface area contributed by atoms with Crippen LogP contribution in [0.4, 0.5) is 0 Å². The van der Waals surface area contributed by atoms with E-state index >= 15 is 0 Å². The Hall–Kier alpha value is -0.570. The van der Waals surface area contributed by atoms with E-state index in [0.29, 0.717) is 12.3 Å². The monoisotopic (exact) mass is 156 g/mol. The predicted molar refractivity (Wildman–Crippen MR) is 44.4 cm³/mol. The summed E-state index contributed by atoms with van der Waals surface area (Å²) >= 11 is 0. The second-order valence-corrected chi connectivity index (χ2v) is 2.88. The SMILES string of the molecule is CCCN1CCNCCC1=O. The van der Waals surface area contributed by atoms with Gasteiger partial charge in [0, 0.05) is 32.6 Å². The van der Waals surface area contributed by atoms with Crippen LogP contribution in [0.25, 0.3) is 0 Å². The molecule has 11 heavy (non-hydrogen) atoms. The van der Waals surface area contributed by atoms with Gasteiger partial charge in [0.25, 0.3) is 0 Å². The lowest BCUT2D eigenvalue weighted by Gasteiger charge is -2.18. The Balaban J connectivity index is 2.39. The van der Waals surface area contributed by atoms with E-state index < -0.39 is 0 Å². The first-order chi connectivity index (χ1) is 5.34. The number of carbonyl (C=O) groups is 1. The minimum atomic E-state index is 0.303. The molecule has 0 spiro atoms. The number of nitrogens with zero attached hydrogens (tertiary/aromatic N) is 1. The van der Waals surface area contributed by atoms with Crippen LogP contribution in [0.5, 0.6) is 0 Å². The van der Waals surface area contributed by atoms with E-state index in [1.54, 1.807) is 0 Å². The third-order valence-electron chi connectivity index (χ3n) is 1.92. The second-order valence-electron chi connectivity index (χ2n) is 2.88. The van der Waals surface area contributed by atoms with Crippen molar-refractivity contribution in [3.8, 4) is 0 Å². The predicted octanol–water partition coefficient (Wildman–Crippen LogP) is 0.218. The Bertz CT molecular complexity index is 136. The molecule has 0 atom stereocenters. The molecule has 0 aliphatic carbocycles. The molecule has 1 aliphatic heterocycles. The summed E-state index contributed by atoms with van der Waals surface area (Å²) in [4.78, 5) is 13.2. The molecule has 1 rings (SSSR count). The zero-order valence-electron chi connectivity index (χ0n) is 7.10. The largest absolute Gasteiger partial charge is 0.341 e. The summed E-state index contributed by atoms with van der Waals surface area (Å²) in [5, 5.41) is 3.20. The first kappa shape index (κ1) is 8.53. The lowest BCUT2D eigenvalue weighted by atomic mass is 10.3. The number of hydrogen-bond acceptors (Lipinski definition) is 2. The molecule has 1 amide bonds. The molecule has 0 unspecified atom stereocenters. The van der Waals surface area contributed by atoms with E-state index in [1.807, 2.05) is 4.90 Å². The molecule has 64 valence electrons. The first-order valence-corrected chi connectivity index (χ1v) is 4.33. The summed E-state index contributed by atoms with van der Waals surface area (Å²) in [6.07, 6.45) is 1.73. The third-order valence-corrected chi connectivity index (χ3v) is 1.92. The van der Waals surface area contributed by atoms with Gasteiger partial charge in [-0.2, -0.15) is 0 Å². The Morgan fingerprint density at radius 1 is 1.55 bits per heavy atom. The van der Waals surface area contributed by atoms with E-state index in [0.717, 1.165) is 32.6 Å². The average molecular weight is 156 g/mol. The highest BCUT2D eigenvalue weighted by Crippen LogP contribution is 1.98. The van der Waals surface area contributed by atoms with Crippen LogP contribution in [0, 0.1) is 0 Å². The van der Waals surface area contributed by atoms with Crippen LogP contribution in [0.3, 0.4) is 0 Å². The summed E-state index contributed by atoms with van der Waals surface area (Å²) in [5.74, 6) is 0.303. The van der Waals surface area contributed by atoms with Crippen molar-refractivity contribution < 1.29 is 4.79 Å². The maximum absolute atomic E-state index is 11.3. The molecule has 1 saturated heterocycles. The molecular weight excluding hydrogens is 140 g/mol. The Labute approximate surface area is 67.8 Å². The van der Waals surface area contributed by atoms with Crippen LogP contribution in [0.1, 0.15) is 19.8 Å². The highest BCUT2D eigenvalue weighted by atomic mass is 16.2. The van der Waals surface area contributed by atoms with E-state index in [4.69, 9.17) is 0 Å². The van der Waals surface area contributed by atoms with Gasteiger partial charge in [0.15, 0.2) is 0 Å². The molecule has 0 bridgehead atoms. The van der Waals surface area contributed by atoms with Crippen molar-refractivity contribution in [3.05, 3.63) is 0 Å². The summed E-state index contributed by atoms with van der Waals surface area (Å²) < 4.78 is 0. The van der Waals surface area contributed by atoms with Crippen molar-refractivity contribution in [1.29, 1.82) is 0 Å². The van der Waals surface area contributed by atoms with Crippen molar-refractivity contribution in [2.45, 2.75) is 19.8 Å². The molecule has 0 saturated carbocycles. The van der Waals surface area contributed by atoms with E-state index in [-0.39, 0.29) is 0 Å². The number of rotatable bonds is 2. The van der Waals surface area contributed by atoms with Crippen LogP contribution in [-0.2, 0) is 4.79 Å². The van der Waals surface area contributed by atoms with Gasteiger partial charge in [-0.25, -0.2) is 0 Å². The van der Waals surface area contributed by atoms with Gasteiger partial charge in [0.2, 0.25) is 5.91 Å². The number of carbonyl (C=O) groups excluding carboxylic acids is 1. The van der Waals surface area contributed by atoms with Crippen molar-refractivity contribution in [2.24, 2.45) is 0 Å². The summed E-state index contributed by atoms with van der Waals surface area (Å²) in [6.45, 7) is 5.70. The fraction of sp³-hybridized carbons (Fsp3) is 0.875. The van der Waals surface area contributed by atoms with Gasteiger partial charge >= 0.3 is 0 Å². The molecule has 0 aromatic heterocycles. The number of nitrogens with one attached hydrogen (secondary N) is 1. The molecule has 1 fully saturated rings. The molecule has 1 N–H and O–H groups in total. The van der Waals surface area contributed by atoms with Gasteiger partial charge in [-0.3, -0.25) is 4.79 Å². The molecule has 1 aliphatic rings. The fourth-order valence-electron chi connectivity index (χ4n) is 1.32. The normalized spacial score (nSPS) is 20.1. The molecule has 0 radical (unpaired) electrons. The van der Waals surface area contributed by atoms with Crippen molar-refractivity contribution in [1.82, 2.24) is 10.2 Å². The lowest BCUT2D eigenvalue weighted by Crippen LogP contribution is -2.32. The van der Waals surface area contributed by atoms with Gasteiger partial charge in [0.1, 0.15) is 0 Å². The third kappa shape index (κ3) is 2.50. The second kappa shape index (κ2) is 4.34. The summed E-state index contributed by atoms with van der Waals surface area (Å²) in [7, 11) is 0. The maximum atomic E-state index is 11.3. The molecule has 0 aromatic carbocycles. The maximum Gasteiger partial charge on any atom is 0.223 e. The quantitative estimate of drug-likeness (QED) is 0.620. The van der Waals surface area contributed by atoms with Crippen molar-refractivity contribution >= 4 is 5.91 Å². The van der Waals surface area contributed by atoms with Crippen LogP contribution in [0.2, 0.25) is 0 Å². The zero-order chi connectivity index (χ0) is 8.10. The van der Waals surface area contributed by atoms with Crippen LogP contribution < -0.4 is 5.32 Å². The first-order valence-electron chi connectivity index (χ1n) is 4.33. The van der Waals surface area contributed by atoms with Gasteiger partial charge in [-0.1, -0.05) is 6.92 Å². The molecule has 1 heterocycles. The van der Waals surface area contributed by atoms with Crippen LogP contribution in [-0.4, -0.2) is 37.0 Å². The van der Waals surface area contributed by atoms with Crippen molar-refractivity contribution in [3.63, 3.8) is 0 Å². The lowest BCUT2D eigenvalue weighted by molar-refractivity contribution is -0.130. The smallest absolute Gasteiger partial charge is 0.223 e. The zero-order valence-corrected chi connectivity index (χ0v) is 7.10. The molecule has 3 nitrogen and oxygen atoms in total. The van der Waals surface area contributed by atoms with Gasteiger partial charge < -0.3 is 10.2 Å². The highest BCUT2D eigenvalue weighted by molar-refractivity contribution is 5.76. The van der Waals surface area contributed by atoms with Crippen molar-refractivity contribution in [2.75, 3.05) is 26.2 Å². The topological polar surface area (TPSA) is 32.3 Å². The Morgan fingerprint density at radius 2 is 2.36 bits per heavy atom. The highest BCUT2D eigenvalue weighted by Gasteiger charge is 2.14. The average Bonchev–Trinajstić information content (AvgIpc) is 2.18. The Kier molecular flexibility index (Phi) is 3.36. The van der Waals surface area contributed by atoms with Gasteiger partial charge in [-0.05, 0) is 6.42 Å². The standard InChI is InChI=1S/C8H16N2O/c1-2-6-10-7-5-9-4-3-8(10)11/h9H,2-7H2,1H3. The van der Waals surface area contributed by atoms with Gasteiger partial charge in [-0.15, -0.1) is 0 Å².